The molecule has 0 aliphatic rings. The van der Waals surface area contributed by atoms with Crippen LogP contribution in [-0.4, -0.2) is 4.57 Å². The minimum absolute atomic E-state index is 0.175. The Morgan fingerprint density at radius 2 is 2.42 bits per heavy atom. The lowest BCUT2D eigenvalue weighted by atomic mass is 10.4. The van der Waals surface area contributed by atoms with E-state index in [-0.39, 0.29) is 11.1 Å². The first kappa shape index (κ1) is 8.87. The molecule has 0 radical (unpaired) electrons. The molecule has 64 valence electrons. The third-order valence-electron chi connectivity index (χ3n) is 1.36. The molecular formula is C8H9ClN2O. The zero-order chi connectivity index (χ0) is 9.14. The van der Waals surface area contributed by atoms with Gasteiger partial charge in [0.15, 0.2) is 0 Å². The van der Waals surface area contributed by atoms with Crippen molar-refractivity contribution in [3.8, 4) is 0 Å². The van der Waals surface area contributed by atoms with Crippen LogP contribution in [0.5, 0.6) is 0 Å². The lowest BCUT2D eigenvalue weighted by Gasteiger charge is -2.04. The highest BCUT2D eigenvalue weighted by atomic mass is 35.5. The van der Waals surface area contributed by atoms with Crippen LogP contribution in [0.25, 0.3) is 0 Å². The summed E-state index contributed by atoms with van der Waals surface area (Å²) in [6, 6.07) is 1.40. The first-order valence-electron chi connectivity index (χ1n) is 3.38. The molecule has 0 saturated heterocycles. The molecule has 1 rings (SSSR count). The molecule has 1 aromatic heterocycles. The summed E-state index contributed by atoms with van der Waals surface area (Å²) in [6.07, 6.45) is 3.15. The molecule has 1 heterocycles. The number of hydrogen-bond acceptors (Lipinski definition) is 2. The molecule has 0 fully saturated rings. The van der Waals surface area contributed by atoms with Crippen molar-refractivity contribution in [1.29, 1.82) is 0 Å². The van der Waals surface area contributed by atoms with Crippen LogP contribution in [0.4, 0.5) is 5.69 Å². The molecule has 0 aliphatic heterocycles. The smallest absolute Gasteiger partial charge is 0.204 e. The largest absolute Gasteiger partial charge is 0.394 e. The molecule has 2 N–H and O–H groups in total. The second kappa shape index (κ2) is 3.45. The Hall–Kier alpha value is -1.22. The van der Waals surface area contributed by atoms with E-state index in [1.165, 1.54) is 12.3 Å². The van der Waals surface area contributed by atoms with Gasteiger partial charge >= 0.3 is 0 Å². The summed E-state index contributed by atoms with van der Waals surface area (Å²) >= 11 is 5.57. The van der Waals surface area contributed by atoms with Crippen molar-refractivity contribution in [3.63, 3.8) is 0 Å². The molecule has 0 aliphatic carbocycles. The summed E-state index contributed by atoms with van der Waals surface area (Å²) in [4.78, 5) is 10.9. The number of hydrogen-bond donors (Lipinski definition) is 1. The standard InChI is InChI=1S/C8H9ClN2O/c1-6(9)4-11-3-2-8(12)7(10)5-11/h2-3,5H,1,4,10H2. The molecule has 1 aromatic rings. The summed E-state index contributed by atoms with van der Waals surface area (Å²) in [6.45, 7) is 3.99. The molecule has 12 heavy (non-hydrogen) atoms. The summed E-state index contributed by atoms with van der Waals surface area (Å²) in [5, 5.41) is 0.498. The van der Waals surface area contributed by atoms with E-state index in [0.29, 0.717) is 11.6 Å². The number of nitrogen functional groups attached to an aromatic ring is 1. The molecule has 0 spiro atoms. The van der Waals surface area contributed by atoms with Crippen molar-refractivity contribution in [3.05, 3.63) is 40.3 Å². The fourth-order valence-corrected chi connectivity index (χ4v) is 0.979. The van der Waals surface area contributed by atoms with Crippen LogP contribution in [0.15, 0.2) is 34.9 Å². The van der Waals surface area contributed by atoms with Gasteiger partial charge in [-0.2, -0.15) is 0 Å². The van der Waals surface area contributed by atoms with Gasteiger partial charge in [0.2, 0.25) is 5.43 Å². The fraction of sp³-hybridized carbons (Fsp3) is 0.125. The normalized spacial score (nSPS) is 9.75. The molecule has 0 saturated carbocycles. The van der Waals surface area contributed by atoms with Gasteiger partial charge < -0.3 is 10.3 Å². The number of nitrogens with zero attached hydrogens (tertiary/aromatic N) is 1. The summed E-state index contributed by atoms with van der Waals surface area (Å²) in [7, 11) is 0. The van der Waals surface area contributed by atoms with Crippen LogP contribution >= 0.6 is 11.6 Å². The molecule has 0 aromatic carbocycles. The third kappa shape index (κ3) is 2.13. The maximum atomic E-state index is 10.9. The predicted molar refractivity (Wildman–Crippen MR) is 50.1 cm³/mol. The van der Waals surface area contributed by atoms with E-state index in [4.69, 9.17) is 17.3 Å². The number of allylic oxidation sites excluding steroid dienone is 1. The Morgan fingerprint density at radius 1 is 1.75 bits per heavy atom. The van der Waals surface area contributed by atoms with Gasteiger partial charge in [0.05, 0.1) is 12.2 Å². The topological polar surface area (TPSA) is 48.0 Å². The van der Waals surface area contributed by atoms with Crippen molar-refractivity contribution in [1.82, 2.24) is 4.57 Å². The number of rotatable bonds is 2. The maximum Gasteiger partial charge on any atom is 0.204 e. The van der Waals surface area contributed by atoms with Crippen LogP contribution in [0.3, 0.4) is 0 Å². The van der Waals surface area contributed by atoms with Crippen LogP contribution in [-0.2, 0) is 6.54 Å². The van der Waals surface area contributed by atoms with Crippen molar-refractivity contribution in [2.24, 2.45) is 0 Å². The molecule has 0 atom stereocenters. The van der Waals surface area contributed by atoms with Crippen LogP contribution in [0, 0.1) is 0 Å². The van der Waals surface area contributed by atoms with E-state index in [2.05, 4.69) is 6.58 Å². The number of pyridine rings is 1. The van der Waals surface area contributed by atoms with E-state index in [0.717, 1.165) is 0 Å². The van der Waals surface area contributed by atoms with E-state index in [1.807, 2.05) is 0 Å². The molecule has 0 bridgehead atoms. The van der Waals surface area contributed by atoms with Crippen molar-refractivity contribution in [2.75, 3.05) is 5.73 Å². The van der Waals surface area contributed by atoms with Gasteiger partial charge in [-0.25, -0.2) is 0 Å². The average Bonchev–Trinajstić information content (AvgIpc) is 1.96. The van der Waals surface area contributed by atoms with E-state index in [9.17, 15) is 4.79 Å². The number of halogens is 1. The van der Waals surface area contributed by atoms with Crippen LogP contribution < -0.4 is 11.2 Å². The third-order valence-corrected chi connectivity index (χ3v) is 1.48. The summed E-state index contributed by atoms with van der Waals surface area (Å²) < 4.78 is 1.70. The Kier molecular flexibility index (Phi) is 2.55. The van der Waals surface area contributed by atoms with Gasteiger partial charge in [-0.1, -0.05) is 18.2 Å². The van der Waals surface area contributed by atoms with Gasteiger partial charge in [-0.15, -0.1) is 0 Å². The minimum Gasteiger partial charge on any atom is -0.394 e. The quantitative estimate of drug-likeness (QED) is 0.751. The Labute approximate surface area is 75.1 Å². The van der Waals surface area contributed by atoms with Crippen molar-refractivity contribution in [2.45, 2.75) is 6.54 Å². The van der Waals surface area contributed by atoms with E-state index in [1.54, 1.807) is 10.8 Å². The molecule has 0 amide bonds. The Balaban J connectivity index is 2.97. The maximum absolute atomic E-state index is 10.9. The molecule has 4 heteroatoms. The first-order valence-corrected chi connectivity index (χ1v) is 3.76. The predicted octanol–water partition coefficient (Wildman–Crippen LogP) is 1.18. The highest BCUT2D eigenvalue weighted by molar-refractivity contribution is 6.29. The zero-order valence-corrected chi connectivity index (χ0v) is 7.21. The van der Waals surface area contributed by atoms with Gasteiger partial charge in [0, 0.05) is 23.5 Å². The highest BCUT2D eigenvalue weighted by Gasteiger charge is 1.95. The highest BCUT2D eigenvalue weighted by Crippen LogP contribution is 2.02. The van der Waals surface area contributed by atoms with Gasteiger partial charge in [0.25, 0.3) is 0 Å². The van der Waals surface area contributed by atoms with Crippen LogP contribution in [0.1, 0.15) is 0 Å². The lowest BCUT2D eigenvalue weighted by Crippen LogP contribution is -2.10. The van der Waals surface area contributed by atoms with Gasteiger partial charge in [-0.05, 0) is 0 Å². The number of aromatic nitrogens is 1. The van der Waals surface area contributed by atoms with Crippen LogP contribution in [0.2, 0.25) is 0 Å². The second-order valence-electron chi connectivity index (χ2n) is 2.45. The van der Waals surface area contributed by atoms with Gasteiger partial charge in [0.1, 0.15) is 0 Å². The Morgan fingerprint density at radius 3 is 2.92 bits per heavy atom. The lowest BCUT2D eigenvalue weighted by molar-refractivity contribution is 0.804. The van der Waals surface area contributed by atoms with E-state index < -0.39 is 0 Å². The monoisotopic (exact) mass is 184 g/mol. The molecule has 3 nitrogen and oxygen atoms in total. The second-order valence-corrected chi connectivity index (χ2v) is 2.99. The van der Waals surface area contributed by atoms with Crippen molar-refractivity contribution >= 4 is 17.3 Å². The fourth-order valence-electron chi connectivity index (χ4n) is 0.841. The minimum atomic E-state index is -0.175. The number of anilines is 1. The number of nitrogens with two attached hydrogens (primary N) is 1. The Bertz CT molecular complexity index is 356. The first-order chi connectivity index (χ1) is 5.59. The van der Waals surface area contributed by atoms with Gasteiger partial charge in [-0.3, -0.25) is 4.79 Å². The zero-order valence-electron chi connectivity index (χ0n) is 6.46. The summed E-state index contributed by atoms with van der Waals surface area (Å²) in [5.41, 5.74) is 5.43. The SMILES string of the molecule is C=C(Cl)Cn1ccc(=O)c(N)c1. The molecular weight excluding hydrogens is 176 g/mol. The van der Waals surface area contributed by atoms with Crippen molar-refractivity contribution < 1.29 is 0 Å². The average molecular weight is 185 g/mol. The molecule has 0 unspecified atom stereocenters. The summed E-state index contributed by atoms with van der Waals surface area (Å²) in [5.74, 6) is 0. The van der Waals surface area contributed by atoms with E-state index >= 15 is 0 Å².